The average molecular weight is 436 g/mol. The highest BCUT2D eigenvalue weighted by molar-refractivity contribution is 5.77. The Morgan fingerprint density at radius 2 is 2.03 bits per heavy atom. The fourth-order valence-corrected chi connectivity index (χ4v) is 4.09. The summed E-state index contributed by atoms with van der Waals surface area (Å²) in [6.07, 6.45) is 3.97. The number of carbonyl (C=O) groups is 1. The number of hydrogen-bond acceptors (Lipinski definition) is 6. The maximum absolute atomic E-state index is 11.3. The van der Waals surface area contributed by atoms with Crippen LogP contribution in [0.1, 0.15) is 44.7 Å². The zero-order chi connectivity index (χ0) is 22.1. The molecule has 5 rings (SSSR count). The van der Waals surface area contributed by atoms with E-state index in [0.717, 1.165) is 47.9 Å². The summed E-state index contributed by atoms with van der Waals surface area (Å²) < 4.78 is 18.0. The molecule has 1 aromatic heterocycles. The molecule has 2 aliphatic rings. The van der Waals surface area contributed by atoms with Gasteiger partial charge in [0, 0.05) is 13.0 Å². The molecule has 2 fully saturated rings. The summed E-state index contributed by atoms with van der Waals surface area (Å²) in [4.78, 5) is 18.0. The third-order valence-electron chi connectivity index (χ3n) is 6.26. The Hall–Kier alpha value is -3.22. The molecule has 0 spiro atoms. The molecule has 32 heavy (non-hydrogen) atoms. The van der Waals surface area contributed by atoms with E-state index in [1.165, 1.54) is 26.2 Å². The van der Waals surface area contributed by atoms with Gasteiger partial charge in [-0.15, -0.1) is 0 Å². The van der Waals surface area contributed by atoms with Crippen molar-refractivity contribution in [2.24, 2.45) is 5.92 Å². The Balaban J connectivity index is 1.17. The molecular formula is C25H29N3O4. The summed E-state index contributed by atoms with van der Waals surface area (Å²) in [6.45, 7) is 5.70. The van der Waals surface area contributed by atoms with Gasteiger partial charge in [0.25, 0.3) is 6.01 Å². The van der Waals surface area contributed by atoms with Gasteiger partial charge >= 0.3 is 0 Å². The van der Waals surface area contributed by atoms with Crippen molar-refractivity contribution in [1.29, 1.82) is 0 Å². The molecule has 7 nitrogen and oxygen atoms in total. The number of amides is 1. The van der Waals surface area contributed by atoms with Gasteiger partial charge in [-0.3, -0.25) is 4.79 Å². The van der Waals surface area contributed by atoms with Gasteiger partial charge in [0.05, 0.1) is 25.7 Å². The molecule has 1 aliphatic carbocycles. The molecular weight excluding hydrogens is 406 g/mol. The minimum absolute atomic E-state index is 0.0575. The molecule has 1 aliphatic heterocycles. The van der Waals surface area contributed by atoms with E-state index in [-0.39, 0.29) is 18.1 Å². The van der Waals surface area contributed by atoms with Gasteiger partial charge in [-0.05, 0) is 55.5 Å². The van der Waals surface area contributed by atoms with Gasteiger partial charge in [0.2, 0.25) is 5.91 Å². The summed E-state index contributed by atoms with van der Waals surface area (Å²) >= 11 is 0. The van der Waals surface area contributed by atoms with Crippen LogP contribution in [0, 0.1) is 5.92 Å². The van der Waals surface area contributed by atoms with Crippen LogP contribution >= 0.6 is 0 Å². The topological polar surface area (TPSA) is 76.8 Å². The van der Waals surface area contributed by atoms with Crippen LogP contribution in [-0.2, 0) is 4.79 Å². The largest absolute Gasteiger partial charge is 0.493 e. The van der Waals surface area contributed by atoms with Crippen molar-refractivity contribution in [3.05, 3.63) is 48.0 Å². The maximum atomic E-state index is 11.3. The fourth-order valence-electron chi connectivity index (χ4n) is 4.09. The summed E-state index contributed by atoms with van der Waals surface area (Å²) in [7, 11) is 0. The second kappa shape index (κ2) is 8.73. The standard InChI is InChI=1S/C25H29N3O4/c1-16(26-17(2)29)19-9-10-23-24(11-19)32-25(27-23)28-13-22(14-28)31-21-8-4-7-20(12-21)30-15-18-5-3-6-18/h4,7-12,16,18,22H,3,5-6,13-15H2,1-2H3,(H,26,29). The number of rotatable bonds is 8. The van der Waals surface area contributed by atoms with E-state index in [9.17, 15) is 4.79 Å². The highest BCUT2D eigenvalue weighted by Crippen LogP contribution is 2.31. The molecule has 1 amide bonds. The van der Waals surface area contributed by atoms with Gasteiger partial charge in [0.1, 0.15) is 23.1 Å². The summed E-state index contributed by atoms with van der Waals surface area (Å²) in [5.74, 6) is 2.35. The van der Waals surface area contributed by atoms with Crippen molar-refractivity contribution in [2.75, 3.05) is 24.6 Å². The lowest BCUT2D eigenvalue weighted by atomic mass is 9.86. The van der Waals surface area contributed by atoms with Crippen LogP contribution in [0.4, 0.5) is 6.01 Å². The number of nitrogens with zero attached hydrogens (tertiary/aromatic N) is 2. The minimum atomic E-state index is -0.0827. The number of oxazole rings is 1. The average Bonchev–Trinajstić information content (AvgIpc) is 3.11. The van der Waals surface area contributed by atoms with E-state index in [0.29, 0.717) is 11.9 Å². The van der Waals surface area contributed by atoms with E-state index >= 15 is 0 Å². The van der Waals surface area contributed by atoms with Crippen molar-refractivity contribution in [1.82, 2.24) is 10.3 Å². The molecule has 1 saturated carbocycles. The summed E-state index contributed by atoms with van der Waals surface area (Å²) in [5, 5.41) is 2.89. The first kappa shape index (κ1) is 20.7. The number of fused-ring (bicyclic) bond motifs is 1. The smallest absolute Gasteiger partial charge is 0.298 e. The molecule has 1 saturated heterocycles. The number of carbonyl (C=O) groups excluding carboxylic acids is 1. The highest BCUT2D eigenvalue weighted by atomic mass is 16.5. The molecule has 168 valence electrons. The molecule has 1 N–H and O–H groups in total. The Morgan fingerprint density at radius 1 is 1.22 bits per heavy atom. The minimum Gasteiger partial charge on any atom is -0.493 e. The quantitative estimate of drug-likeness (QED) is 0.563. The lowest BCUT2D eigenvalue weighted by molar-refractivity contribution is -0.119. The van der Waals surface area contributed by atoms with E-state index in [1.54, 1.807) is 0 Å². The van der Waals surface area contributed by atoms with E-state index < -0.39 is 0 Å². The first-order valence-corrected chi connectivity index (χ1v) is 11.4. The molecule has 1 unspecified atom stereocenters. The first-order valence-electron chi connectivity index (χ1n) is 11.4. The van der Waals surface area contributed by atoms with Crippen molar-refractivity contribution in [3.63, 3.8) is 0 Å². The fraction of sp³-hybridized carbons (Fsp3) is 0.440. The lowest BCUT2D eigenvalue weighted by Crippen LogP contribution is -2.54. The van der Waals surface area contributed by atoms with Crippen molar-refractivity contribution >= 4 is 23.0 Å². The number of aromatic nitrogens is 1. The van der Waals surface area contributed by atoms with Gasteiger partial charge in [-0.2, -0.15) is 4.98 Å². The van der Waals surface area contributed by atoms with Gasteiger partial charge in [-0.25, -0.2) is 0 Å². The van der Waals surface area contributed by atoms with E-state index in [2.05, 4.69) is 15.2 Å². The normalized spacial score (nSPS) is 17.5. The maximum Gasteiger partial charge on any atom is 0.298 e. The molecule has 3 aromatic rings. The predicted octanol–water partition coefficient (Wildman–Crippen LogP) is 4.47. The van der Waals surface area contributed by atoms with E-state index in [1.807, 2.05) is 49.4 Å². The number of anilines is 1. The summed E-state index contributed by atoms with van der Waals surface area (Å²) in [5.41, 5.74) is 2.51. The molecule has 1 atom stereocenters. The van der Waals surface area contributed by atoms with E-state index in [4.69, 9.17) is 13.9 Å². The van der Waals surface area contributed by atoms with Crippen LogP contribution in [0.3, 0.4) is 0 Å². The Morgan fingerprint density at radius 3 is 2.78 bits per heavy atom. The number of benzene rings is 2. The van der Waals surface area contributed by atoms with Crippen molar-refractivity contribution in [3.8, 4) is 11.5 Å². The second-order valence-corrected chi connectivity index (χ2v) is 8.87. The first-order chi connectivity index (χ1) is 15.5. The Bertz CT molecular complexity index is 1100. The molecule has 7 heteroatoms. The summed E-state index contributed by atoms with van der Waals surface area (Å²) in [6, 6.07) is 14.3. The van der Waals surface area contributed by atoms with Gasteiger partial charge in [0.15, 0.2) is 5.58 Å². The SMILES string of the molecule is CC(=O)NC(C)c1ccc2nc(N3CC(Oc4cccc(OCC5CCC5)c4)C3)oc2c1. The Labute approximate surface area is 187 Å². The van der Waals surface area contributed by atoms with Crippen LogP contribution < -0.4 is 19.7 Å². The number of nitrogens with one attached hydrogen (secondary N) is 1. The molecule has 2 aromatic carbocycles. The number of hydrogen-bond donors (Lipinski definition) is 1. The van der Waals surface area contributed by atoms with Crippen LogP contribution in [0.2, 0.25) is 0 Å². The van der Waals surface area contributed by atoms with Gasteiger partial charge in [-0.1, -0.05) is 18.6 Å². The van der Waals surface area contributed by atoms with Crippen molar-refractivity contribution < 1.29 is 18.7 Å². The Kier molecular flexibility index (Phi) is 5.64. The van der Waals surface area contributed by atoms with Crippen LogP contribution in [-0.4, -0.2) is 36.7 Å². The zero-order valence-electron chi connectivity index (χ0n) is 18.5. The molecule has 0 radical (unpaired) electrons. The zero-order valence-corrected chi connectivity index (χ0v) is 18.5. The highest BCUT2D eigenvalue weighted by Gasteiger charge is 2.32. The third-order valence-corrected chi connectivity index (χ3v) is 6.26. The monoisotopic (exact) mass is 435 g/mol. The third kappa shape index (κ3) is 4.52. The molecule has 0 bridgehead atoms. The van der Waals surface area contributed by atoms with Crippen LogP contribution in [0.25, 0.3) is 11.1 Å². The van der Waals surface area contributed by atoms with Crippen LogP contribution in [0.5, 0.6) is 11.5 Å². The number of ether oxygens (including phenoxy) is 2. The van der Waals surface area contributed by atoms with Crippen LogP contribution in [0.15, 0.2) is 46.9 Å². The molecule has 2 heterocycles. The second-order valence-electron chi connectivity index (χ2n) is 8.87. The lowest BCUT2D eigenvalue weighted by Gasteiger charge is -2.37. The van der Waals surface area contributed by atoms with Gasteiger partial charge < -0.3 is 24.1 Å². The predicted molar refractivity (Wildman–Crippen MR) is 122 cm³/mol. The van der Waals surface area contributed by atoms with Crippen molar-refractivity contribution in [2.45, 2.75) is 45.3 Å².